The van der Waals surface area contributed by atoms with Crippen LogP contribution in [0, 0.1) is 0 Å². The fraction of sp³-hybridized carbons (Fsp3) is 0.294. The molecule has 0 amide bonds. The summed E-state index contributed by atoms with van der Waals surface area (Å²) in [5.74, 6) is 1.64. The first-order valence-corrected chi connectivity index (χ1v) is 7.46. The third-order valence-electron chi connectivity index (χ3n) is 3.46. The first-order chi connectivity index (χ1) is 10.8. The first-order valence-electron chi connectivity index (χ1n) is 7.46. The minimum absolute atomic E-state index is 0.397. The molecule has 0 spiro atoms. The number of rotatable bonds is 5. The standard InChI is InChI=1S/C17H20N4O/c1-13-9-19-17(21-13)20-10-15-7-8-18-11-16(15)22-12-14-5-3-2-4-6-14/h2-8,11,13H,9-10,12H2,1H3,(H2,19,20,21). The van der Waals surface area contributed by atoms with Crippen molar-refractivity contribution in [3.63, 3.8) is 0 Å². The van der Waals surface area contributed by atoms with Gasteiger partial charge < -0.3 is 15.4 Å². The monoisotopic (exact) mass is 296 g/mol. The van der Waals surface area contributed by atoms with Gasteiger partial charge >= 0.3 is 0 Å². The first kappa shape index (κ1) is 14.4. The molecule has 0 fully saturated rings. The largest absolute Gasteiger partial charge is 0.487 e. The third-order valence-corrected chi connectivity index (χ3v) is 3.46. The van der Waals surface area contributed by atoms with Crippen LogP contribution in [-0.2, 0) is 13.2 Å². The molecule has 1 unspecified atom stereocenters. The maximum Gasteiger partial charge on any atom is 0.191 e. The van der Waals surface area contributed by atoms with Crippen LogP contribution in [0.15, 0.2) is 53.8 Å². The van der Waals surface area contributed by atoms with Gasteiger partial charge in [-0.3, -0.25) is 9.98 Å². The lowest BCUT2D eigenvalue weighted by Crippen LogP contribution is -2.37. The Morgan fingerprint density at radius 2 is 2.14 bits per heavy atom. The molecule has 5 nitrogen and oxygen atoms in total. The maximum atomic E-state index is 5.90. The minimum atomic E-state index is 0.397. The summed E-state index contributed by atoms with van der Waals surface area (Å²) in [6.07, 6.45) is 3.53. The fourth-order valence-corrected chi connectivity index (χ4v) is 2.26. The van der Waals surface area contributed by atoms with Crippen LogP contribution in [0.25, 0.3) is 0 Å². The summed E-state index contributed by atoms with van der Waals surface area (Å²) in [6.45, 7) is 4.12. The second-order valence-corrected chi connectivity index (χ2v) is 5.35. The van der Waals surface area contributed by atoms with Crippen molar-refractivity contribution in [2.24, 2.45) is 4.99 Å². The quantitative estimate of drug-likeness (QED) is 0.887. The predicted octanol–water partition coefficient (Wildman–Crippen LogP) is 2.10. The average molecular weight is 296 g/mol. The van der Waals surface area contributed by atoms with Crippen LogP contribution < -0.4 is 15.4 Å². The van der Waals surface area contributed by atoms with Crippen molar-refractivity contribution in [1.29, 1.82) is 0 Å². The van der Waals surface area contributed by atoms with Gasteiger partial charge in [-0.15, -0.1) is 0 Å². The van der Waals surface area contributed by atoms with E-state index < -0.39 is 0 Å². The summed E-state index contributed by atoms with van der Waals surface area (Å²) >= 11 is 0. The van der Waals surface area contributed by atoms with Gasteiger partial charge in [0.2, 0.25) is 0 Å². The summed E-state index contributed by atoms with van der Waals surface area (Å²) in [7, 11) is 0. The van der Waals surface area contributed by atoms with Crippen LogP contribution in [0.2, 0.25) is 0 Å². The molecule has 1 aliphatic rings. The Labute approximate surface area is 130 Å². The van der Waals surface area contributed by atoms with Gasteiger partial charge in [-0.05, 0) is 18.6 Å². The number of benzene rings is 1. The van der Waals surface area contributed by atoms with E-state index in [1.165, 1.54) is 0 Å². The molecule has 22 heavy (non-hydrogen) atoms. The Balaban J connectivity index is 1.60. The van der Waals surface area contributed by atoms with Crippen molar-refractivity contribution in [3.05, 3.63) is 59.9 Å². The van der Waals surface area contributed by atoms with Crippen LogP contribution in [-0.4, -0.2) is 23.5 Å². The highest BCUT2D eigenvalue weighted by atomic mass is 16.5. The number of guanidine groups is 1. The van der Waals surface area contributed by atoms with E-state index in [0.717, 1.165) is 29.4 Å². The lowest BCUT2D eigenvalue weighted by molar-refractivity contribution is 0.301. The summed E-state index contributed by atoms with van der Waals surface area (Å²) in [5.41, 5.74) is 2.20. The Morgan fingerprint density at radius 3 is 2.91 bits per heavy atom. The summed E-state index contributed by atoms with van der Waals surface area (Å²) in [6, 6.07) is 12.5. The smallest absolute Gasteiger partial charge is 0.191 e. The number of aliphatic imine (C=N–C) groups is 1. The molecule has 0 saturated heterocycles. The van der Waals surface area contributed by atoms with Crippen LogP contribution in [0.3, 0.4) is 0 Å². The Morgan fingerprint density at radius 1 is 1.27 bits per heavy atom. The van der Waals surface area contributed by atoms with Crippen LogP contribution >= 0.6 is 0 Å². The fourth-order valence-electron chi connectivity index (χ4n) is 2.26. The lowest BCUT2D eigenvalue weighted by Gasteiger charge is -2.13. The molecule has 2 N–H and O–H groups in total. The molecular formula is C17H20N4O. The summed E-state index contributed by atoms with van der Waals surface area (Å²) < 4.78 is 5.90. The third kappa shape index (κ3) is 3.75. The van der Waals surface area contributed by atoms with Gasteiger partial charge in [0.05, 0.1) is 12.7 Å². The van der Waals surface area contributed by atoms with Gasteiger partial charge in [0, 0.05) is 24.3 Å². The number of nitrogens with one attached hydrogen (secondary N) is 2. The van der Waals surface area contributed by atoms with Gasteiger partial charge in [0.25, 0.3) is 0 Å². The summed E-state index contributed by atoms with van der Waals surface area (Å²) in [5, 5.41) is 6.58. The van der Waals surface area contributed by atoms with Crippen molar-refractivity contribution < 1.29 is 4.74 Å². The SMILES string of the molecule is CC1CN=C(NCc2ccncc2OCc2ccccc2)N1. The molecule has 0 radical (unpaired) electrons. The topological polar surface area (TPSA) is 58.5 Å². The normalized spacial score (nSPS) is 16.8. The molecular weight excluding hydrogens is 276 g/mol. The van der Waals surface area contributed by atoms with Crippen molar-refractivity contribution >= 4 is 5.96 Å². The highest BCUT2D eigenvalue weighted by molar-refractivity contribution is 5.81. The van der Waals surface area contributed by atoms with E-state index in [1.807, 2.05) is 36.4 Å². The molecule has 1 atom stereocenters. The van der Waals surface area contributed by atoms with Crippen LogP contribution in [0.1, 0.15) is 18.1 Å². The molecule has 1 aromatic heterocycles. The zero-order valence-electron chi connectivity index (χ0n) is 12.6. The molecule has 3 rings (SSSR count). The molecule has 2 heterocycles. The second kappa shape index (κ2) is 6.93. The highest BCUT2D eigenvalue weighted by Crippen LogP contribution is 2.18. The van der Waals surface area contributed by atoms with E-state index in [2.05, 4.69) is 27.5 Å². The number of nitrogens with zero attached hydrogens (tertiary/aromatic N) is 2. The molecule has 0 saturated carbocycles. The van der Waals surface area contributed by atoms with E-state index in [0.29, 0.717) is 19.2 Å². The van der Waals surface area contributed by atoms with Gasteiger partial charge in [-0.2, -0.15) is 0 Å². The zero-order chi connectivity index (χ0) is 15.2. The highest BCUT2D eigenvalue weighted by Gasteiger charge is 2.12. The van der Waals surface area contributed by atoms with E-state index >= 15 is 0 Å². The van der Waals surface area contributed by atoms with Gasteiger partial charge in [0.15, 0.2) is 5.96 Å². The van der Waals surface area contributed by atoms with E-state index in [4.69, 9.17) is 4.74 Å². The van der Waals surface area contributed by atoms with Crippen molar-refractivity contribution in [1.82, 2.24) is 15.6 Å². The van der Waals surface area contributed by atoms with Gasteiger partial charge in [-0.25, -0.2) is 0 Å². The number of pyridine rings is 1. The van der Waals surface area contributed by atoms with E-state index in [9.17, 15) is 0 Å². The van der Waals surface area contributed by atoms with E-state index in [1.54, 1.807) is 12.4 Å². The number of hydrogen-bond acceptors (Lipinski definition) is 5. The molecule has 5 heteroatoms. The number of hydrogen-bond donors (Lipinski definition) is 2. The van der Waals surface area contributed by atoms with E-state index in [-0.39, 0.29) is 0 Å². The van der Waals surface area contributed by atoms with Crippen molar-refractivity contribution in [2.45, 2.75) is 26.1 Å². The lowest BCUT2D eigenvalue weighted by atomic mass is 10.2. The maximum absolute atomic E-state index is 5.90. The number of aromatic nitrogens is 1. The Bertz CT molecular complexity index is 642. The molecule has 0 bridgehead atoms. The Hall–Kier alpha value is -2.56. The van der Waals surface area contributed by atoms with Crippen LogP contribution in [0.5, 0.6) is 5.75 Å². The molecule has 114 valence electrons. The van der Waals surface area contributed by atoms with Gasteiger partial charge in [-0.1, -0.05) is 30.3 Å². The van der Waals surface area contributed by atoms with Crippen LogP contribution in [0.4, 0.5) is 0 Å². The molecule has 0 aliphatic carbocycles. The van der Waals surface area contributed by atoms with Crippen molar-refractivity contribution in [2.75, 3.05) is 6.54 Å². The molecule has 2 aromatic rings. The minimum Gasteiger partial charge on any atom is -0.487 e. The molecule has 1 aliphatic heterocycles. The van der Waals surface area contributed by atoms with Gasteiger partial charge in [0.1, 0.15) is 12.4 Å². The zero-order valence-corrected chi connectivity index (χ0v) is 12.6. The average Bonchev–Trinajstić information content (AvgIpc) is 2.98. The summed E-state index contributed by atoms with van der Waals surface area (Å²) in [4.78, 5) is 8.54. The number of ether oxygens (including phenoxy) is 1. The Kier molecular flexibility index (Phi) is 4.53. The molecule has 1 aromatic carbocycles. The second-order valence-electron chi connectivity index (χ2n) is 5.35. The van der Waals surface area contributed by atoms with Crippen molar-refractivity contribution in [3.8, 4) is 5.75 Å². The predicted molar refractivity (Wildman–Crippen MR) is 86.8 cm³/mol.